The molecule has 0 aliphatic rings. The van der Waals surface area contributed by atoms with Gasteiger partial charge in [0.1, 0.15) is 5.15 Å². The fourth-order valence-corrected chi connectivity index (χ4v) is 2.98. The summed E-state index contributed by atoms with van der Waals surface area (Å²) in [6, 6.07) is 11.8. The van der Waals surface area contributed by atoms with Gasteiger partial charge in [-0.3, -0.25) is 0 Å². The van der Waals surface area contributed by atoms with Crippen LogP contribution in [0.15, 0.2) is 36.4 Å². The highest BCUT2D eigenvalue weighted by Crippen LogP contribution is 2.28. The number of rotatable bonds is 2. The molecule has 1 heterocycles. The van der Waals surface area contributed by atoms with Crippen LogP contribution in [-0.2, 0) is 6.42 Å². The number of halogens is 2. The van der Waals surface area contributed by atoms with Crippen LogP contribution in [-0.4, -0.2) is 9.97 Å². The first-order valence-corrected chi connectivity index (χ1v) is 7.57. The highest BCUT2D eigenvalue weighted by molar-refractivity contribution is 6.34. The maximum absolute atomic E-state index is 6.34. The van der Waals surface area contributed by atoms with Gasteiger partial charge in [0.25, 0.3) is 0 Å². The van der Waals surface area contributed by atoms with Gasteiger partial charge < -0.3 is 0 Å². The van der Waals surface area contributed by atoms with Crippen molar-refractivity contribution < 1.29 is 0 Å². The molecule has 106 valence electrons. The van der Waals surface area contributed by atoms with Gasteiger partial charge in [0.15, 0.2) is 5.82 Å². The van der Waals surface area contributed by atoms with Gasteiger partial charge in [-0.05, 0) is 48.7 Å². The maximum atomic E-state index is 6.34. The number of aryl methyl sites for hydroxylation is 2. The zero-order chi connectivity index (χ0) is 15.0. The number of para-hydroxylation sites is 1. The summed E-state index contributed by atoms with van der Waals surface area (Å²) in [5.41, 5.74) is 4.03. The van der Waals surface area contributed by atoms with E-state index in [4.69, 9.17) is 28.2 Å². The van der Waals surface area contributed by atoms with Crippen molar-refractivity contribution in [2.45, 2.75) is 20.3 Å². The molecule has 0 aliphatic heterocycles. The Balaban J connectivity index is 2.29. The van der Waals surface area contributed by atoms with Crippen LogP contribution >= 0.6 is 23.2 Å². The van der Waals surface area contributed by atoms with E-state index in [2.05, 4.69) is 18.0 Å². The predicted molar refractivity (Wildman–Crippen MR) is 89.1 cm³/mol. The van der Waals surface area contributed by atoms with Gasteiger partial charge in [-0.2, -0.15) is 0 Å². The third-order valence-corrected chi connectivity index (χ3v) is 3.95. The van der Waals surface area contributed by atoms with Crippen molar-refractivity contribution in [3.8, 4) is 11.4 Å². The molecule has 1 aromatic heterocycles. The van der Waals surface area contributed by atoms with Crippen molar-refractivity contribution in [1.82, 2.24) is 9.97 Å². The van der Waals surface area contributed by atoms with Crippen LogP contribution < -0.4 is 0 Å². The SMILES string of the molecule is CCc1cccc2c(Cl)nc(-c3cc(C)cc(Cl)c3)nc12. The summed E-state index contributed by atoms with van der Waals surface area (Å²) < 4.78 is 0. The van der Waals surface area contributed by atoms with Crippen LogP contribution in [0.5, 0.6) is 0 Å². The molecule has 3 rings (SSSR count). The predicted octanol–water partition coefficient (Wildman–Crippen LogP) is 5.47. The lowest BCUT2D eigenvalue weighted by Crippen LogP contribution is -1.95. The Morgan fingerprint density at radius 2 is 1.86 bits per heavy atom. The van der Waals surface area contributed by atoms with E-state index in [1.54, 1.807) is 0 Å². The first-order valence-electron chi connectivity index (χ1n) is 6.81. The maximum Gasteiger partial charge on any atom is 0.161 e. The summed E-state index contributed by atoms with van der Waals surface area (Å²) in [5.74, 6) is 0.610. The average molecular weight is 317 g/mol. The van der Waals surface area contributed by atoms with Crippen LogP contribution in [0.1, 0.15) is 18.1 Å². The fourth-order valence-electron chi connectivity index (χ4n) is 2.45. The molecule has 2 nitrogen and oxygen atoms in total. The van der Waals surface area contributed by atoms with Gasteiger partial charge >= 0.3 is 0 Å². The first kappa shape index (κ1) is 14.3. The van der Waals surface area contributed by atoms with Crippen molar-refractivity contribution in [3.63, 3.8) is 0 Å². The van der Waals surface area contributed by atoms with Crippen LogP contribution in [0.4, 0.5) is 0 Å². The lowest BCUT2D eigenvalue weighted by atomic mass is 10.1. The van der Waals surface area contributed by atoms with E-state index in [9.17, 15) is 0 Å². The van der Waals surface area contributed by atoms with Crippen LogP contribution in [0, 0.1) is 6.92 Å². The zero-order valence-corrected chi connectivity index (χ0v) is 13.3. The molecule has 0 N–H and O–H groups in total. The number of nitrogens with zero attached hydrogens (tertiary/aromatic N) is 2. The molecule has 0 saturated carbocycles. The second-order valence-electron chi connectivity index (χ2n) is 5.02. The molecule has 2 aromatic carbocycles. The van der Waals surface area contributed by atoms with Crippen molar-refractivity contribution >= 4 is 34.1 Å². The minimum absolute atomic E-state index is 0.475. The Bertz CT molecular complexity index is 808. The Morgan fingerprint density at radius 1 is 1.05 bits per heavy atom. The molecular weight excluding hydrogens is 303 g/mol. The number of aromatic nitrogens is 2. The van der Waals surface area contributed by atoms with Gasteiger partial charge in [-0.25, -0.2) is 9.97 Å². The summed E-state index contributed by atoms with van der Waals surface area (Å²) in [4.78, 5) is 9.13. The van der Waals surface area contributed by atoms with Crippen LogP contribution in [0.25, 0.3) is 22.3 Å². The molecule has 0 atom stereocenters. The van der Waals surface area contributed by atoms with E-state index in [0.29, 0.717) is 16.0 Å². The zero-order valence-electron chi connectivity index (χ0n) is 11.8. The Kier molecular flexibility index (Phi) is 3.83. The number of hydrogen-bond donors (Lipinski definition) is 0. The highest BCUT2D eigenvalue weighted by Gasteiger charge is 2.11. The molecule has 0 bridgehead atoms. The van der Waals surface area contributed by atoms with Crippen molar-refractivity contribution in [3.05, 3.63) is 57.7 Å². The van der Waals surface area contributed by atoms with E-state index in [1.165, 1.54) is 0 Å². The van der Waals surface area contributed by atoms with Crippen LogP contribution in [0.3, 0.4) is 0 Å². The normalized spacial score (nSPS) is 11.0. The van der Waals surface area contributed by atoms with Gasteiger partial charge in [-0.1, -0.05) is 42.3 Å². The summed E-state index contributed by atoms with van der Waals surface area (Å²) in [6.07, 6.45) is 0.901. The lowest BCUT2D eigenvalue weighted by molar-refractivity contribution is 1.13. The number of benzene rings is 2. The third kappa shape index (κ3) is 2.74. The molecule has 0 unspecified atom stereocenters. The van der Waals surface area contributed by atoms with E-state index in [-0.39, 0.29) is 0 Å². The van der Waals surface area contributed by atoms with Crippen molar-refractivity contribution in [2.24, 2.45) is 0 Å². The monoisotopic (exact) mass is 316 g/mol. The van der Waals surface area contributed by atoms with Gasteiger partial charge in [0.05, 0.1) is 5.52 Å². The standard InChI is InChI=1S/C17H14Cl2N2/c1-3-11-5-4-6-14-15(11)20-17(21-16(14)19)12-7-10(2)8-13(18)9-12/h4-9H,3H2,1-2H3. The number of fused-ring (bicyclic) bond motifs is 1. The molecule has 4 heteroatoms. The summed E-state index contributed by atoms with van der Waals surface area (Å²) in [5, 5.41) is 2.04. The van der Waals surface area contributed by atoms with Crippen molar-refractivity contribution in [2.75, 3.05) is 0 Å². The summed E-state index contributed by atoms with van der Waals surface area (Å²) in [7, 11) is 0. The molecule has 0 fully saturated rings. The minimum Gasteiger partial charge on any atom is -0.228 e. The molecule has 3 aromatic rings. The van der Waals surface area contributed by atoms with E-state index >= 15 is 0 Å². The third-order valence-electron chi connectivity index (χ3n) is 3.44. The van der Waals surface area contributed by atoms with E-state index in [1.807, 2.05) is 37.3 Å². The summed E-state index contributed by atoms with van der Waals surface area (Å²) in [6.45, 7) is 4.10. The smallest absolute Gasteiger partial charge is 0.161 e. The van der Waals surface area contributed by atoms with Gasteiger partial charge in [-0.15, -0.1) is 0 Å². The molecule has 21 heavy (non-hydrogen) atoms. The van der Waals surface area contributed by atoms with E-state index in [0.717, 1.165) is 34.0 Å². The minimum atomic E-state index is 0.475. The highest BCUT2D eigenvalue weighted by atomic mass is 35.5. The second kappa shape index (κ2) is 5.63. The van der Waals surface area contributed by atoms with Gasteiger partial charge in [0.2, 0.25) is 0 Å². The van der Waals surface area contributed by atoms with Gasteiger partial charge in [0, 0.05) is 16.0 Å². The largest absolute Gasteiger partial charge is 0.228 e. The molecule has 0 amide bonds. The summed E-state index contributed by atoms with van der Waals surface area (Å²) >= 11 is 12.5. The second-order valence-corrected chi connectivity index (χ2v) is 5.82. The molecule has 0 saturated heterocycles. The quantitative estimate of drug-likeness (QED) is 0.585. The first-order chi connectivity index (χ1) is 10.1. The van der Waals surface area contributed by atoms with Crippen molar-refractivity contribution in [1.29, 1.82) is 0 Å². The molecule has 0 aliphatic carbocycles. The Labute approximate surface area is 133 Å². The van der Waals surface area contributed by atoms with E-state index < -0.39 is 0 Å². The average Bonchev–Trinajstić information content (AvgIpc) is 2.45. The fraction of sp³-hybridized carbons (Fsp3) is 0.176. The Hall–Kier alpha value is -1.64. The molecule has 0 radical (unpaired) electrons. The molecular formula is C17H14Cl2N2. The Morgan fingerprint density at radius 3 is 2.57 bits per heavy atom. The van der Waals surface area contributed by atoms with Crippen LogP contribution in [0.2, 0.25) is 10.2 Å². The molecule has 0 spiro atoms. The number of hydrogen-bond acceptors (Lipinski definition) is 2. The lowest BCUT2D eigenvalue weighted by Gasteiger charge is -2.08. The topological polar surface area (TPSA) is 25.8 Å².